The highest BCUT2D eigenvalue weighted by Crippen LogP contribution is 2.63. The van der Waals surface area contributed by atoms with Crippen LogP contribution in [0.4, 0.5) is 17.6 Å². The number of carbonyl (C=O) groups is 2. The van der Waals surface area contributed by atoms with Gasteiger partial charge in [0.25, 0.3) is 0 Å². The number of hydrogen-bond donors (Lipinski definition) is 2. The van der Waals surface area contributed by atoms with E-state index in [0.717, 1.165) is 6.08 Å². The second kappa shape index (κ2) is 12.6. The van der Waals surface area contributed by atoms with Crippen molar-refractivity contribution >= 4 is 22.8 Å². The summed E-state index contributed by atoms with van der Waals surface area (Å²) in [7, 11) is 1.49. The molecule has 2 heterocycles. The van der Waals surface area contributed by atoms with E-state index in [1.54, 1.807) is 18.2 Å². The maximum absolute atomic E-state index is 15.1. The number of hydrogen-bond acceptors (Lipinski definition) is 7. The third kappa shape index (κ3) is 7.08. The highest BCUT2D eigenvalue weighted by atomic mass is 19.4. The Kier molecular flexibility index (Phi) is 8.80. The van der Waals surface area contributed by atoms with Crippen LogP contribution in [0.5, 0.6) is 11.5 Å². The molecule has 2 amide bonds. The van der Waals surface area contributed by atoms with E-state index in [4.69, 9.17) is 14.2 Å². The number of benzene rings is 2. The van der Waals surface area contributed by atoms with Gasteiger partial charge in [-0.3, -0.25) is 14.6 Å². The Labute approximate surface area is 256 Å². The van der Waals surface area contributed by atoms with Crippen LogP contribution >= 0.6 is 0 Å². The zero-order valence-corrected chi connectivity index (χ0v) is 24.5. The van der Waals surface area contributed by atoms with Gasteiger partial charge in [-0.25, -0.2) is 9.37 Å². The molecule has 1 aromatic heterocycles. The number of rotatable bonds is 11. The molecule has 2 aromatic carbocycles. The van der Waals surface area contributed by atoms with Crippen molar-refractivity contribution in [3.05, 3.63) is 83.9 Å². The van der Waals surface area contributed by atoms with Crippen molar-refractivity contribution in [3.8, 4) is 22.8 Å². The summed E-state index contributed by atoms with van der Waals surface area (Å²) in [5.41, 5.74) is -0.112. The summed E-state index contributed by atoms with van der Waals surface area (Å²) in [4.78, 5) is 32.7. The molecule has 0 radical (unpaired) electrons. The van der Waals surface area contributed by atoms with Crippen LogP contribution in [0.2, 0.25) is 0 Å². The number of fused-ring (bicyclic) bond motifs is 1. The number of nitrogens with zero attached hydrogens (tertiary/aromatic N) is 2. The van der Waals surface area contributed by atoms with Crippen LogP contribution in [-0.2, 0) is 20.7 Å². The average molecular weight is 627 g/mol. The highest BCUT2D eigenvalue weighted by molar-refractivity contribution is 5.82. The van der Waals surface area contributed by atoms with E-state index in [0.29, 0.717) is 53.4 Å². The van der Waals surface area contributed by atoms with Gasteiger partial charge in [-0.15, -0.1) is 0 Å². The number of alkyl halides is 3. The molecule has 1 saturated carbocycles. The van der Waals surface area contributed by atoms with Gasteiger partial charge >= 0.3 is 6.18 Å². The first-order valence-electron chi connectivity index (χ1n) is 14.1. The van der Waals surface area contributed by atoms with Gasteiger partial charge in [0.2, 0.25) is 11.8 Å². The highest BCUT2D eigenvalue weighted by Gasteiger charge is 2.67. The minimum atomic E-state index is -4.49. The largest absolute Gasteiger partial charge is 0.493 e. The van der Waals surface area contributed by atoms with Gasteiger partial charge in [0.15, 0.2) is 11.5 Å². The molecule has 1 fully saturated rings. The third-order valence-corrected chi connectivity index (χ3v) is 7.37. The van der Waals surface area contributed by atoms with Crippen LogP contribution in [0.1, 0.15) is 31.7 Å². The lowest BCUT2D eigenvalue weighted by Gasteiger charge is -2.26. The minimum Gasteiger partial charge on any atom is -0.493 e. The summed E-state index contributed by atoms with van der Waals surface area (Å²) in [6.07, 6.45) is -0.546. The Balaban J connectivity index is 1.26. The molecule has 0 spiro atoms. The third-order valence-electron chi connectivity index (χ3n) is 7.37. The quantitative estimate of drug-likeness (QED) is 0.209. The average Bonchev–Trinajstić information content (AvgIpc) is 3.80. The number of carbonyl (C=O) groups excluding carboxylic acids is 2. The molecule has 0 atom stereocenters. The van der Waals surface area contributed by atoms with Gasteiger partial charge in [0, 0.05) is 49.0 Å². The second-order valence-corrected chi connectivity index (χ2v) is 10.7. The monoisotopic (exact) mass is 626 g/mol. The van der Waals surface area contributed by atoms with Crippen LogP contribution in [0.3, 0.4) is 0 Å². The number of ether oxygens (including phenoxy) is 3. The number of methoxy groups -OCH3 is 1. The Morgan fingerprint density at radius 1 is 1.11 bits per heavy atom. The van der Waals surface area contributed by atoms with E-state index in [2.05, 4.69) is 27.2 Å². The van der Waals surface area contributed by atoms with Gasteiger partial charge in [0.05, 0.1) is 43.1 Å². The molecule has 9 nitrogen and oxygen atoms in total. The molecule has 0 saturated heterocycles. The maximum atomic E-state index is 15.1. The molecule has 3 aromatic rings. The smallest absolute Gasteiger partial charge is 0.401 e. The fourth-order valence-electron chi connectivity index (χ4n) is 4.84. The van der Waals surface area contributed by atoms with Gasteiger partial charge in [0.1, 0.15) is 22.8 Å². The fraction of sp³-hybridized carbons (Fsp3) is 0.312. The summed E-state index contributed by atoms with van der Waals surface area (Å²) in [6, 6.07) is 7.61. The van der Waals surface area contributed by atoms with E-state index in [1.165, 1.54) is 38.4 Å². The molecule has 236 valence electrons. The van der Waals surface area contributed by atoms with Gasteiger partial charge in [-0.05, 0) is 30.9 Å². The van der Waals surface area contributed by atoms with Crippen LogP contribution in [0.15, 0.2) is 72.5 Å². The molecule has 45 heavy (non-hydrogen) atoms. The Hall–Kier alpha value is -4.94. The van der Waals surface area contributed by atoms with Crippen molar-refractivity contribution in [1.29, 1.82) is 0 Å². The number of halogens is 4. The molecular weight excluding hydrogens is 596 g/mol. The molecule has 5 rings (SSSR count). The summed E-state index contributed by atoms with van der Waals surface area (Å²) < 4.78 is 72.3. The number of nitrogens with one attached hydrogen (secondary N) is 2. The van der Waals surface area contributed by atoms with Crippen molar-refractivity contribution in [2.24, 2.45) is 5.41 Å². The van der Waals surface area contributed by atoms with Crippen LogP contribution in [-0.4, -0.2) is 48.2 Å². The predicted molar refractivity (Wildman–Crippen MR) is 156 cm³/mol. The molecule has 1 aliphatic heterocycles. The molecular formula is C32H30F4N4O5. The first kappa shape index (κ1) is 31.5. The number of allylic oxidation sites excluding steroid dienone is 3. The predicted octanol–water partition coefficient (Wildman–Crippen LogP) is 5.66. The lowest BCUT2D eigenvalue weighted by atomic mass is 10.0. The van der Waals surface area contributed by atoms with Crippen molar-refractivity contribution in [2.75, 3.05) is 20.3 Å². The van der Waals surface area contributed by atoms with E-state index < -0.39 is 23.3 Å². The molecule has 13 heteroatoms. The maximum Gasteiger partial charge on any atom is 0.401 e. The van der Waals surface area contributed by atoms with E-state index in [-0.39, 0.29) is 47.9 Å². The topological polar surface area (TPSA) is 112 Å². The van der Waals surface area contributed by atoms with Gasteiger partial charge in [-0.2, -0.15) is 13.2 Å². The lowest BCUT2D eigenvalue weighted by molar-refractivity contribution is -0.183. The first-order chi connectivity index (χ1) is 21.4. The number of aromatic nitrogens is 2. The summed E-state index contributed by atoms with van der Waals surface area (Å²) in [6.45, 7) is 5.84. The second-order valence-electron chi connectivity index (χ2n) is 10.7. The zero-order chi connectivity index (χ0) is 32.4. The zero-order valence-electron chi connectivity index (χ0n) is 24.5. The molecule has 0 unspecified atom stereocenters. The van der Waals surface area contributed by atoms with Crippen molar-refractivity contribution in [3.63, 3.8) is 0 Å². The van der Waals surface area contributed by atoms with E-state index >= 15 is 4.39 Å². The van der Waals surface area contributed by atoms with Crippen molar-refractivity contribution in [1.82, 2.24) is 20.6 Å². The first-order valence-corrected chi connectivity index (χ1v) is 14.1. The van der Waals surface area contributed by atoms with Gasteiger partial charge in [-0.1, -0.05) is 18.7 Å². The minimum absolute atomic E-state index is 0.0366. The number of amides is 2. The lowest BCUT2D eigenvalue weighted by Crippen LogP contribution is -2.31. The molecule has 0 bridgehead atoms. The molecule has 2 aliphatic rings. The Morgan fingerprint density at radius 2 is 1.87 bits per heavy atom. The Morgan fingerprint density at radius 3 is 2.53 bits per heavy atom. The van der Waals surface area contributed by atoms with Crippen molar-refractivity contribution < 1.29 is 41.4 Å². The van der Waals surface area contributed by atoms with Crippen LogP contribution < -0.4 is 20.1 Å². The Bertz CT molecular complexity index is 1730. The standard InChI is InChI=1S/C32H30F4N4O5/c1-18-11-22(14-29(45-18)31(7-8-31)32(34,35)36)39-30(42)13-20-5-6-21(12-23(20)33)26-17-38-24-15-28(27(43-3)16-25(24)40-26)44-10-4-9-37-19(2)41/h5-6,11-12,14-17H,1,4,7-10,13H2,2-3H3,(H,37,41)(H,39,42). The fourth-order valence-corrected chi connectivity index (χ4v) is 4.84. The van der Waals surface area contributed by atoms with E-state index in [9.17, 15) is 22.8 Å². The summed E-state index contributed by atoms with van der Waals surface area (Å²) in [5, 5.41) is 5.22. The normalized spacial score (nSPS) is 15.5. The van der Waals surface area contributed by atoms with Crippen molar-refractivity contribution in [2.45, 2.75) is 38.8 Å². The van der Waals surface area contributed by atoms with Gasteiger partial charge < -0.3 is 24.8 Å². The SMILES string of the molecule is C=C1C=C(NC(=O)Cc2ccc(-c3cnc4cc(OCCCNC(C)=O)c(OC)cc4n3)cc2F)C=C(C2(C(F)(F)F)CC2)O1. The summed E-state index contributed by atoms with van der Waals surface area (Å²) in [5.74, 6) is -0.871. The molecule has 2 N–H and O–H groups in total. The van der Waals surface area contributed by atoms with Crippen LogP contribution in [0.25, 0.3) is 22.3 Å². The molecule has 1 aliphatic carbocycles. The van der Waals surface area contributed by atoms with Crippen LogP contribution in [0, 0.1) is 11.2 Å². The summed E-state index contributed by atoms with van der Waals surface area (Å²) >= 11 is 0. The van der Waals surface area contributed by atoms with E-state index in [1.807, 2.05) is 0 Å².